The second kappa shape index (κ2) is 5.58. The van der Waals surface area contributed by atoms with Crippen molar-refractivity contribution in [3.05, 3.63) is 11.1 Å². The van der Waals surface area contributed by atoms with Crippen LogP contribution in [0.1, 0.15) is 6.92 Å². The van der Waals surface area contributed by atoms with Crippen molar-refractivity contribution in [3.8, 4) is 0 Å². The van der Waals surface area contributed by atoms with Gasteiger partial charge in [0.1, 0.15) is 0 Å². The van der Waals surface area contributed by atoms with Gasteiger partial charge in [0.2, 0.25) is 5.91 Å². The fraction of sp³-hybridized carbons (Fsp3) is 0.667. The molecule has 0 atom stereocenters. The van der Waals surface area contributed by atoms with Crippen molar-refractivity contribution in [2.45, 2.75) is 12.4 Å². The second-order valence-corrected chi connectivity index (χ2v) is 4.54. The van der Waals surface area contributed by atoms with Gasteiger partial charge in [0, 0.05) is 31.0 Å². The number of alkyl halides is 3. The van der Waals surface area contributed by atoms with Gasteiger partial charge in [-0.15, -0.1) is 0 Å². The molecule has 1 aliphatic heterocycles. The minimum atomic E-state index is -4.23. The summed E-state index contributed by atoms with van der Waals surface area (Å²) >= 11 is -0.128. The number of amides is 1. The van der Waals surface area contributed by atoms with E-state index in [0.717, 1.165) is 5.57 Å². The molecule has 0 spiro atoms. The van der Waals surface area contributed by atoms with E-state index in [4.69, 9.17) is 0 Å². The molecular weight excluding hydrogens is 241 g/mol. The number of halogens is 3. The van der Waals surface area contributed by atoms with Crippen LogP contribution in [0.25, 0.3) is 0 Å². The van der Waals surface area contributed by atoms with Gasteiger partial charge >= 0.3 is 5.51 Å². The van der Waals surface area contributed by atoms with Gasteiger partial charge in [-0.2, -0.15) is 13.2 Å². The van der Waals surface area contributed by atoms with Crippen molar-refractivity contribution in [2.24, 2.45) is 0 Å². The maximum atomic E-state index is 11.8. The van der Waals surface area contributed by atoms with Gasteiger partial charge in [-0.3, -0.25) is 4.79 Å². The first-order valence-electron chi connectivity index (χ1n) is 4.78. The first kappa shape index (κ1) is 13.4. The Labute approximate surface area is 95.8 Å². The molecule has 7 heteroatoms. The highest BCUT2D eigenvalue weighted by molar-refractivity contribution is 8.00. The minimum Gasteiger partial charge on any atom is -0.351 e. The zero-order valence-electron chi connectivity index (χ0n) is 8.78. The van der Waals surface area contributed by atoms with Crippen LogP contribution in [-0.4, -0.2) is 36.8 Å². The number of hydrogen-bond donors (Lipinski definition) is 2. The average molecular weight is 254 g/mol. The van der Waals surface area contributed by atoms with Gasteiger partial charge in [0.25, 0.3) is 0 Å². The topological polar surface area (TPSA) is 41.1 Å². The van der Waals surface area contributed by atoms with Crippen molar-refractivity contribution < 1.29 is 18.0 Å². The van der Waals surface area contributed by atoms with E-state index in [1.165, 1.54) is 0 Å². The predicted molar refractivity (Wildman–Crippen MR) is 57.1 cm³/mol. The Balaban J connectivity index is 2.21. The molecule has 92 valence electrons. The quantitative estimate of drug-likeness (QED) is 0.586. The highest BCUT2D eigenvalue weighted by atomic mass is 32.2. The van der Waals surface area contributed by atoms with Crippen LogP contribution in [-0.2, 0) is 4.79 Å². The first-order valence-corrected chi connectivity index (χ1v) is 5.77. The fourth-order valence-corrected chi connectivity index (χ4v) is 1.58. The SMILES string of the molecule is CC(C(=O)NCCSC(F)(F)F)=C1CNC1. The van der Waals surface area contributed by atoms with E-state index in [0.29, 0.717) is 18.7 Å². The summed E-state index contributed by atoms with van der Waals surface area (Å²) in [4.78, 5) is 11.4. The van der Waals surface area contributed by atoms with Gasteiger partial charge in [-0.1, -0.05) is 0 Å². The molecule has 0 radical (unpaired) electrons. The Morgan fingerprint density at radius 1 is 1.50 bits per heavy atom. The van der Waals surface area contributed by atoms with Crippen LogP contribution in [0.4, 0.5) is 13.2 Å². The lowest BCUT2D eigenvalue weighted by atomic mass is 10.0. The van der Waals surface area contributed by atoms with Crippen molar-refractivity contribution in [1.29, 1.82) is 0 Å². The summed E-state index contributed by atoms with van der Waals surface area (Å²) in [6.07, 6.45) is 0. The van der Waals surface area contributed by atoms with Crippen LogP contribution in [0, 0.1) is 0 Å². The predicted octanol–water partition coefficient (Wildman–Crippen LogP) is 1.28. The molecule has 0 aromatic carbocycles. The van der Waals surface area contributed by atoms with Crippen LogP contribution >= 0.6 is 11.8 Å². The van der Waals surface area contributed by atoms with E-state index < -0.39 is 5.51 Å². The molecule has 3 nitrogen and oxygen atoms in total. The molecule has 16 heavy (non-hydrogen) atoms. The lowest BCUT2D eigenvalue weighted by Gasteiger charge is -2.21. The Hall–Kier alpha value is -0.690. The summed E-state index contributed by atoms with van der Waals surface area (Å²) < 4.78 is 35.3. The maximum Gasteiger partial charge on any atom is 0.441 e. The number of carbonyl (C=O) groups is 1. The highest BCUT2D eigenvalue weighted by Crippen LogP contribution is 2.29. The van der Waals surface area contributed by atoms with Crippen LogP contribution in [0.3, 0.4) is 0 Å². The Bertz CT molecular complexity index is 296. The van der Waals surface area contributed by atoms with E-state index in [2.05, 4.69) is 10.6 Å². The number of hydrogen-bond acceptors (Lipinski definition) is 3. The third kappa shape index (κ3) is 4.44. The zero-order chi connectivity index (χ0) is 12.2. The Kier molecular flexibility index (Phi) is 4.67. The van der Waals surface area contributed by atoms with E-state index >= 15 is 0 Å². The second-order valence-electron chi connectivity index (χ2n) is 3.38. The highest BCUT2D eigenvalue weighted by Gasteiger charge is 2.27. The van der Waals surface area contributed by atoms with Crippen molar-refractivity contribution in [1.82, 2.24) is 10.6 Å². The minimum absolute atomic E-state index is 0.0288. The van der Waals surface area contributed by atoms with Gasteiger partial charge in [-0.25, -0.2) is 0 Å². The molecule has 1 amide bonds. The molecule has 1 aliphatic rings. The third-order valence-corrected chi connectivity index (χ3v) is 2.94. The van der Waals surface area contributed by atoms with Crippen LogP contribution in [0.15, 0.2) is 11.1 Å². The lowest BCUT2D eigenvalue weighted by Crippen LogP contribution is -2.38. The summed E-state index contributed by atoms with van der Waals surface area (Å²) in [5.74, 6) is -0.435. The van der Waals surface area contributed by atoms with E-state index in [9.17, 15) is 18.0 Å². The molecule has 0 aromatic heterocycles. The molecule has 0 aliphatic carbocycles. The maximum absolute atomic E-state index is 11.8. The fourth-order valence-electron chi connectivity index (χ4n) is 1.14. The number of carbonyl (C=O) groups excluding carboxylic acids is 1. The number of thioether (sulfide) groups is 1. The molecule has 1 heterocycles. The standard InChI is InChI=1S/C9H13F3N2OS/c1-6(7-4-13-5-7)8(15)14-2-3-16-9(10,11)12/h13H,2-5H2,1H3,(H,14,15). The molecule has 1 saturated heterocycles. The summed E-state index contributed by atoms with van der Waals surface area (Å²) in [7, 11) is 0. The molecule has 0 aromatic rings. The van der Waals surface area contributed by atoms with Gasteiger partial charge < -0.3 is 10.6 Å². The molecule has 0 bridgehead atoms. The monoisotopic (exact) mass is 254 g/mol. The first-order chi connectivity index (χ1) is 7.40. The van der Waals surface area contributed by atoms with Crippen LogP contribution in [0.2, 0.25) is 0 Å². The summed E-state index contributed by atoms with van der Waals surface area (Å²) in [5, 5.41) is 5.45. The van der Waals surface area contributed by atoms with Crippen LogP contribution < -0.4 is 10.6 Å². The normalized spacial score (nSPS) is 15.6. The van der Waals surface area contributed by atoms with Gasteiger partial charge in [0.05, 0.1) is 0 Å². The summed E-state index contributed by atoms with van der Waals surface area (Å²) in [5.41, 5.74) is -2.60. The van der Waals surface area contributed by atoms with E-state index in [1.54, 1.807) is 6.92 Å². The Morgan fingerprint density at radius 2 is 2.12 bits per heavy atom. The summed E-state index contributed by atoms with van der Waals surface area (Å²) in [6.45, 7) is 3.09. The smallest absolute Gasteiger partial charge is 0.351 e. The van der Waals surface area contributed by atoms with Crippen molar-refractivity contribution in [3.63, 3.8) is 0 Å². The van der Waals surface area contributed by atoms with Crippen LogP contribution in [0.5, 0.6) is 0 Å². The number of rotatable bonds is 4. The lowest BCUT2D eigenvalue weighted by molar-refractivity contribution is -0.117. The van der Waals surface area contributed by atoms with Gasteiger partial charge in [0.15, 0.2) is 0 Å². The largest absolute Gasteiger partial charge is 0.441 e. The molecule has 1 fully saturated rings. The van der Waals surface area contributed by atoms with E-state index in [1.807, 2.05) is 0 Å². The van der Waals surface area contributed by atoms with Gasteiger partial charge in [-0.05, 0) is 24.3 Å². The Morgan fingerprint density at radius 3 is 2.56 bits per heavy atom. The molecule has 0 unspecified atom stereocenters. The average Bonchev–Trinajstić information content (AvgIpc) is 2.07. The molecular formula is C9H13F3N2OS. The van der Waals surface area contributed by atoms with E-state index in [-0.39, 0.29) is 30.0 Å². The number of nitrogens with one attached hydrogen (secondary N) is 2. The molecule has 0 saturated carbocycles. The molecule has 2 N–H and O–H groups in total. The van der Waals surface area contributed by atoms with Crippen molar-refractivity contribution in [2.75, 3.05) is 25.4 Å². The van der Waals surface area contributed by atoms with Crippen molar-refractivity contribution >= 4 is 17.7 Å². The zero-order valence-corrected chi connectivity index (χ0v) is 9.60. The molecule has 1 rings (SSSR count). The third-order valence-electron chi connectivity index (χ3n) is 2.20. The summed E-state index contributed by atoms with van der Waals surface area (Å²) in [6, 6.07) is 0.